The van der Waals surface area contributed by atoms with Crippen molar-refractivity contribution in [2.24, 2.45) is 4.99 Å². The number of aliphatic carboxylic acids is 1. The molecule has 0 radical (unpaired) electrons. The Labute approximate surface area is 181 Å². The van der Waals surface area contributed by atoms with Crippen LogP contribution in [0.2, 0.25) is 0 Å². The Bertz CT molecular complexity index is 1280. The van der Waals surface area contributed by atoms with E-state index in [1.165, 1.54) is 23.9 Å². The predicted octanol–water partition coefficient (Wildman–Crippen LogP) is 4.90. The highest BCUT2D eigenvalue weighted by atomic mass is 32.2. The summed E-state index contributed by atoms with van der Waals surface area (Å²) in [6, 6.07) is 9.17. The van der Waals surface area contributed by atoms with Crippen molar-refractivity contribution in [3.63, 3.8) is 0 Å². The first kappa shape index (κ1) is 21.6. The predicted molar refractivity (Wildman–Crippen MR) is 110 cm³/mol. The quantitative estimate of drug-likeness (QED) is 0.423. The van der Waals surface area contributed by atoms with Crippen LogP contribution in [-0.2, 0) is 11.0 Å². The van der Waals surface area contributed by atoms with E-state index in [0.717, 1.165) is 6.07 Å². The molecule has 164 valence electrons. The number of fused-ring (bicyclic) bond motifs is 1. The summed E-state index contributed by atoms with van der Waals surface area (Å²) in [5, 5.41) is 21.4. The number of rotatable bonds is 5. The maximum absolute atomic E-state index is 12.9. The molecule has 1 atom stereocenters. The fourth-order valence-electron chi connectivity index (χ4n) is 2.98. The number of thioether (sulfide) groups is 1. The van der Waals surface area contributed by atoms with E-state index < -0.39 is 34.4 Å². The van der Waals surface area contributed by atoms with Crippen molar-refractivity contribution in [2.75, 3.05) is 5.75 Å². The molecule has 2 heterocycles. The maximum Gasteiger partial charge on any atom is 0.416 e. The highest BCUT2D eigenvalue weighted by Gasteiger charge is 2.33. The number of nitro benzene ring substituents is 1. The van der Waals surface area contributed by atoms with Gasteiger partial charge >= 0.3 is 17.8 Å². The lowest BCUT2D eigenvalue weighted by molar-refractivity contribution is -0.385. The van der Waals surface area contributed by atoms with Crippen LogP contribution in [0.3, 0.4) is 0 Å². The van der Waals surface area contributed by atoms with Gasteiger partial charge in [-0.3, -0.25) is 15.1 Å². The third kappa shape index (κ3) is 4.35. The number of alkyl halides is 3. The Balaban J connectivity index is 1.62. The molecule has 8 nitrogen and oxygen atoms in total. The van der Waals surface area contributed by atoms with Gasteiger partial charge in [0.2, 0.25) is 5.75 Å². The molecule has 1 aromatic heterocycles. The standard InChI is InChI=1S/C20H12F3N3O5S/c21-20(22,23)11-2-6-17(16(8-11)26(29)30)31-12-3-5-13-10(7-12)1-4-14(24-13)18-25-15(9-32-18)19(27)28/h1-8,15H,9H2,(H,27,28)/t15-/m1/s1. The summed E-state index contributed by atoms with van der Waals surface area (Å²) >= 11 is 1.29. The van der Waals surface area contributed by atoms with Gasteiger partial charge in [-0.05, 0) is 36.4 Å². The number of benzene rings is 2. The number of hydrogen-bond acceptors (Lipinski definition) is 7. The molecule has 0 aliphatic carbocycles. The van der Waals surface area contributed by atoms with E-state index in [1.807, 2.05) is 0 Å². The molecule has 2 aromatic carbocycles. The van der Waals surface area contributed by atoms with Gasteiger partial charge in [0, 0.05) is 17.2 Å². The van der Waals surface area contributed by atoms with Crippen LogP contribution in [0.25, 0.3) is 10.9 Å². The largest absolute Gasteiger partial charge is 0.480 e. The van der Waals surface area contributed by atoms with E-state index in [9.17, 15) is 28.1 Å². The van der Waals surface area contributed by atoms with E-state index in [-0.39, 0.29) is 11.5 Å². The van der Waals surface area contributed by atoms with Crippen LogP contribution >= 0.6 is 11.8 Å². The fourth-order valence-corrected chi connectivity index (χ4v) is 3.97. The highest BCUT2D eigenvalue weighted by Crippen LogP contribution is 2.38. The van der Waals surface area contributed by atoms with Crippen molar-refractivity contribution in [1.29, 1.82) is 0 Å². The van der Waals surface area contributed by atoms with Gasteiger partial charge in [-0.2, -0.15) is 13.2 Å². The van der Waals surface area contributed by atoms with Crippen molar-refractivity contribution in [2.45, 2.75) is 12.2 Å². The molecule has 3 aromatic rings. The zero-order chi connectivity index (χ0) is 23.0. The SMILES string of the molecule is O=C(O)[C@H]1CSC(c2ccc3cc(Oc4ccc(C(F)(F)F)cc4[N+](=O)[O-])ccc3n2)=N1. The third-order valence-corrected chi connectivity index (χ3v) is 5.60. The summed E-state index contributed by atoms with van der Waals surface area (Å²) in [7, 11) is 0. The Morgan fingerprint density at radius 1 is 1.19 bits per heavy atom. The van der Waals surface area contributed by atoms with E-state index in [4.69, 9.17) is 9.84 Å². The minimum Gasteiger partial charge on any atom is -0.480 e. The molecule has 0 unspecified atom stereocenters. The van der Waals surface area contributed by atoms with E-state index in [1.54, 1.807) is 18.2 Å². The average Bonchev–Trinajstić information content (AvgIpc) is 3.23. The molecule has 4 rings (SSSR count). The Kier molecular flexibility index (Phi) is 5.46. The number of aliphatic imine (C=N–C) groups is 1. The lowest BCUT2D eigenvalue weighted by Crippen LogP contribution is -2.17. The Morgan fingerprint density at radius 3 is 2.62 bits per heavy atom. The number of aromatic nitrogens is 1. The number of hydrogen-bond donors (Lipinski definition) is 1. The smallest absolute Gasteiger partial charge is 0.416 e. The second-order valence-electron chi connectivity index (χ2n) is 6.69. The van der Waals surface area contributed by atoms with Gasteiger partial charge in [-0.1, -0.05) is 6.07 Å². The van der Waals surface area contributed by atoms with Gasteiger partial charge in [-0.15, -0.1) is 11.8 Å². The van der Waals surface area contributed by atoms with Gasteiger partial charge in [0.15, 0.2) is 6.04 Å². The van der Waals surface area contributed by atoms with Crippen molar-refractivity contribution in [3.05, 3.63) is 69.9 Å². The summed E-state index contributed by atoms with van der Waals surface area (Å²) in [6.07, 6.45) is -4.72. The lowest BCUT2D eigenvalue weighted by Gasteiger charge is -2.10. The topological polar surface area (TPSA) is 115 Å². The maximum atomic E-state index is 12.9. The van der Waals surface area contributed by atoms with E-state index >= 15 is 0 Å². The van der Waals surface area contributed by atoms with E-state index in [0.29, 0.717) is 39.5 Å². The minimum atomic E-state index is -4.72. The minimum absolute atomic E-state index is 0.174. The van der Waals surface area contributed by atoms with Gasteiger partial charge in [0.25, 0.3) is 0 Å². The average molecular weight is 463 g/mol. The van der Waals surface area contributed by atoms with Gasteiger partial charge < -0.3 is 9.84 Å². The Morgan fingerprint density at radius 2 is 1.97 bits per heavy atom. The number of pyridine rings is 1. The first-order valence-electron chi connectivity index (χ1n) is 9.00. The van der Waals surface area contributed by atoms with Crippen LogP contribution in [0.5, 0.6) is 11.5 Å². The van der Waals surface area contributed by atoms with Crippen molar-refractivity contribution in [1.82, 2.24) is 4.98 Å². The summed E-state index contributed by atoms with van der Waals surface area (Å²) < 4.78 is 44.1. The zero-order valence-electron chi connectivity index (χ0n) is 15.9. The lowest BCUT2D eigenvalue weighted by atomic mass is 10.1. The number of carbonyl (C=O) groups is 1. The molecule has 0 saturated heterocycles. The molecular weight excluding hydrogens is 451 g/mol. The van der Waals surface area contributed by atoms with E-state index in [2.05, 4.69) is 9.98 Å². The van der Waals surface area contributed by atoms with Gasteiger partial charge in [0.05, 0.1) is 21.7 Å². The summed E-state index contributed by atoms with van der Waals surface area (Å²) in [5.41, 5.74) is -0.903. The van der Waals surface area contributed by atoms with Crippen LogP contribution in [0.15, 0.2) is 53.5 Å². The normalized spacial score (nSPS) is 16.1. The van der Waals surface area contributed by atoms with Crippen LogP contribution in [0, 0.1) is 10.1 Å². The monoisotopic (exact) mass is 463 g/mol. The van der Waals surface area contributed by atoms with Crippen LogP contribution in [0.1, 0.15) is 11.3 Å². The molecular formula is C20H12F3N3O5S. The molecule has 12 heteroatoms. The van der Waals surface area contributed by atoms with Crippen LogP contribution in [-0.4, -0.2) is 37.8 Å². The molecule has 0 fully saturated rings. The number of carboxylic acid groups (broad SMARTS) is 1. The second-order valence-corrected chi connectivity index (χ2v) is 7.70. The number of nitro groups is 1. The van der Waals surface area contributed by atoms with Gasteiger partial charge in [-0.25, -0.2) is 9.78 Å². The molecule has 0 amide bonds. The van der Waals surface area contributed by atoms with Crippen LogP contribution in [0.4, 0.5) is 18.9 Å². The zero-order valence-corrected chi connectivity index (χ0v) is 16.7. The number of nitrogens with zero attached hydrogens (tertiary/aromatic N) is 3. The number of ether oxygens (including phenoxy) is 1. The first-order chi connectivity index (χ1) is 15.1. The highest BCUT2D eigenvalue weighted by molar-refractivity contribution is 8.14. The number of carboxylic acids is 1. The van der Waals surface area contributed by atoms with Crippen molar-refractivity contribution >= 4 is 39.4 Å². The molecule has 0 saturated carbocycles. The van der Waals surface area contributed by atoms with Gasteiger partial charge in [0.1, 0.15) is 10.8 Å². The van der Waals surface area contributed by atoms with Crippen LogP contribution < -0.4 is 4.74 Å². The third-order valence-electron chi connectivity index (χ3n) is 4.53. The molecule has 32 heavy (non-hydrogen) atoms. The molecule has 1 aliphatic heterocycles. The molecule has 1 N–H and O–H groups in total. The second kappa shape index (κ2) is 8.11. The molecule has 0 spiro atoms. The van der Waals surface area contributed by atoms with Crippen molar-refractivity contribution in [3.8, 4) is 11.5 Å². The fraction of sp³-hybridized carbons (Fsp3) is 0.150. The summed E-state index contributed by atoms with van der Waals surface area (Å²) in [6.45, 7) is 0. The summed E-state index contributed by atoms with van der Waals surface area (Å²) in [4.78, 5) is 29.9. The number of halogens is 3. The van der Waals surface area contributed by atoms with Crippen molar-refractivity contribution < 1.29 is 32.7 Å². The first-order valence-corrected chi connectivity index (χ1v) is 9.98. The molecule has 1 aliphatic rings. The summed E-state index contributed by atoms with van der Waals surface area (Å²) in [5.74, 6) is -0.840. The molecule has 0 bridgehead atoms. The Hall–Kier alpha value is -3.67.